The first-order valence-corrected chi connectivity index (χ1v) is 9.05. The number of hydrogen-bond donors (Lipinski definition) is 2. The van der Waals surface area contributed by atoms with Crippen LogP contribution in [0.4, 0.5) is 9.18 Å². The molecule has 0 aliphatic carbocycles. The van der Waals surface area contributed by atoms with E-state index in [2.05, 4.69) is 15.7 Å². The summed E-state index contributed by atoms with van der Waals surface area (Å²) >= 11 is 0. The second kappa shape index (κ2) is 9.03. The van der Waals surface area contributed by atoms with Gasteiger partial charge in [-0.15, -0.1) is 0 Å². The summed E-state index contributed by atoms with van der Waals surface area (Å²) in [5.74, 6) is 0.0757. The Balaban J connectivity index is 1.47. The molecule has 0 atom stereocenters. The molecule has 3 rings (SSSR count). The minimum absolute atomic E-state index is 0.251. The van der Waals surface area contributed by atoms with Gasteiger partial charge in [0.1, 0.15) is 18.2 Å². The molecule has 0 radical (unpaired) electrons. The van der Waals surface area contributed by atoms with Crippen molar-refractivity contribution >= 4 is 6.03 Å². The van der Waals surface area contributed by atoms with Gasteiger partial charge in [-0.3, -0.25) is 0 Å². The number of hydrogen-bond acceptors (Lipinski definition) is 3. The van der Waals surface area contributed by atoms with Gasteiger partial charge in [-0.2, -0.15) is 5.10 Å². The van der Waals surface area contributed by atoms with Crippen LogP contribution in [0.15, 0.2) is 54.6 Å². The standard InChI is InChI=1S/C21H23FN4O2/c1-15-20(16(2)26(25-15)18-8-4-3-5-9-18)14-24-21(27)23-11-12-28-19-10-6-7-17(22)13-19/h3-10,13H,11-12,14H2,1-2H3,(H2,23,24,27). The highest BCUT2D eigenvalue weighted by atomic mass is 19.1. The van der Waals surface area contributed by atoms with Crippen LogP contribution in [0, 0.1) is 19.7 Å². The third kappa shape index (κ3) is 4.88. The van der Waals surface area contributed by atoms with Crippen molar-refractivity contribution in [2.45, 2.75) is 20.4 Å². The Morgan fingerprint density at radius 3 is 2.64 bits per heavy atom. The fourth-order valence-electron chi connectivity index (χ4n) is 2.87. The van der Waals surface area contributed by atoms with Crippen molar-refractivity contribution in [2.75, 3.05) is 13.2 Å². The van der Waals surface area contributed by atoms with E-state index in [0.29, 0.717) is 18.8 Å². The summed E-state index contributed by atoms with van der Waals surface area (Å²) in [7, 11) is 0. The molecule has 2 aromatic carbocycles. The molecule has 7 heteroatoms. The van der Waals surface area contributed by atoms with E-state index in [1.54, 1.807) is 12.1 Å². The lowest BCUT2D eigenvalue weighted by Crippen LogP contribution is -2.37. The number of nitrogens with one attached hydrogen (secondary N) is 2. The number of carbonyl (C=O) groups is 1. The number of carbonyl (C=O) groups excluding carboxylic acids is 1. The minimum atomic E-state index is -0.356. The molecule has 0 bridgehead atoms. The SMILES string of the molecule is Cc1nn(-c2ccccc2)c(C)c1CNC(=O)NCCOc1cccc(F)c1. The summed E-state index contributed by atoms with van der Waals surface area (Å²) in [5.41, 5.74) is 3.82. The third-order valence-corrected chi connectivity index (χ3v) is 4.32. The molecule has 2 amide bonds. The molecule has 1 heterocycles. The molecular formula is C21H23FN4O2. The predicted molar refractivity (Wildman–Crippen MR) is 105 cm³/mol. The lowest BCUT2D eigenvalue weighted by molar-refractivity contribution is 0.236. The summed E-state index contributed by atoms with van der Waals surface area (Å²) in [4.78, 5) is 12.0. The van der Waals surface area contributed by atoms with Gasteiger partial charge in [0.05, 0.1) is 17.9 Å². The number of para-hydroxylation sites is 1. The maximum atomic E-state index is 13.1. The van der Waals surface area contributed by atoms with Gasteiger partial charge in [0, 0.05) is 23.9 Å². The molecule has 0 aliphatic rings. The Kier molecular flexibility index (Phi) is 6.26. The Morgan fingerprint density at radius 1 is 1.11 bits per heavy atom. The number of aryl methyl sites for hydroxylation is 1. The van der Waals surface area contributed by atoms with Crippen LogP contribution in [0.5, 0.6) is 5.75 Å². The van der Waals surface area contributed by atoms with E-state index in [9.17, 15) is 9.18 Å². The Labute approximate surface area is 163 Å². The van der Waals surface area contributed by atoms with E-state index >= 15 is 0 Å². The predicted octanol–water partition coefficient (Wildman–Crippen LogP) is 3.51. The molecule has 0 saturated carbocycles. The number of halogens is 1. The van der Waals surface area contributed by atoms with E-state index < -0.39 is 0 Å². The summed E-state index contributed by atoms with van der Waals surface area (Å²) in [6, 6.07) is 15.5. The van der Waals surface area contributed by atoms with Crippen LogP contribution in [0.3, 0.4) is 0 Å². The Bertz CT molecular complexity index is 941. The minimum Gasteiger partial charge on any atom is -0.492 e. The fourth-order valence-corrected chi connectivity index (χ4v) is 2.87. The van der Waals surface area contributed by atoms with Gasteiger partial charge in [-0.25, -0.2) is 13.9 Å². The van der Waals surface area contributed by atoms with Crippen LogP contribution in [0.1, 0.15) is 17.0 Å². The topological polar surface area (TPSA) is 68.2 Å². The normalized spacial score (nSPS) is 10.5. The van der Waals surface area contributed by atoms with Crippen LogP contribution in [-0.2, 0) is 6.54 Å². The van der Waals surface area contributed by atoms with Gasteiger partial charge in [-0.1, -0.05) is 24.3 Å². The zero-order valence-electron chi connectivity index (χ0n) is 15.9. The van der Waals surface area contributed by atoms with Crippen molar-refractivity contribution in [1.82, 2.24) is 20.4 Å². The average Bonchev–Trinajstić information content (AvgIpc) is 2.98. The van der Waals surface area contributed by atoms with E-state index in [0.717, 1.165) is 22.6 Å². The number of nitrogens with zero attached hydrogens (tertiary/aromatic N) is 2. The third-order valence-electron chi connectivity index (χ3n) is 4.32. The van der Waals surface area contributed by atoms with Gasteiger partial charge in [0.2, 0.25) is 0 Å². The first-order chi connectivity index (χ1) is 13.5. The zero-order chi connectivity index (χ0) is 19.9. The van der Waals surface area contributed by atoms with Crippen LogP contribution < -0.4 is 15.4 Å². The van der Waals surface area contributed by atoms with Gasteiger partial charge in [0.25, 0.3) is 0 Å². The van der Waals surface area contributed by atoms with Gasteiger partial charge >= 0.3 is 6.03 Å². The molecule has 3 aromatic rings. The number of urea groups is 1. The highest BCUT2D eigenvalue weighted by Crippen LogP contribution is 2.17. The van der Waals surface area contributed by atoms with Crippen LogP contribution in [0.25, 0.3) is 5.69 Å². The summed E-state index contributed by atoms with van der Waals surface area (Å²) in [5, 5.41) is 10.1. The molecule has 2 N–H and O–H groups in total. The zero-order valence-corrected chi connectivity index (χ0v) is 15.9. The molecule has 6 nitrogen and oxygen atoms in total. The molecule has 0 aliphatic heterocycles. The molecule has 0 unspecified atom stereocenters. The highest BCUT2D eigenvalue weighted by Gasteiger charge is 2.13. The molecule has 0 spiro atoms. The maximum absolute atomic E-state index is 13.1. The molecule has 146 valence electrons. The molecular weight excluding hydrogens is 359 g/mol. The van der Waals surface area contributed by atoms with Gasteiger partial charge in [0.15, 0.2) is 0 Å². The van der Waals surface area contributed by atoms with Gasteiger partial charge < -0.3 is 15.4 Å². The Hall–Kier alpha value is -3.35. The van der Waals surface area contributed by atoms with Crippen LogP contribution in [0.2, 0.25) is 0 Å². The quantitative estimate of drug-likeness (QED) is 0.615. The van der Waals surface area contributed by atoms with Crippen molar-refractivity contribution in [3.05, 3.63) is 77.4 Å². The number of benzene rings is 2. The van der Waals surface area contributed by atoms with Crippen molar-refractivity contribution < 1.29 is 13.9 Å². The van der Waals surface area contributed by atoms with Crippen molar-refractivity contribution in [1.29, 1.82) is 0 Å². The van der Waals surface area contributed by atoms with E-state index in [4.69, 9.17) is 4.74 Å². The van der Waals surface area contributed by atoms with Crippen molar-refractivity contribution in [3.8, 4) is 11.4 Å². The molecule has 1 aromatic heterocycles. The molecule has 28 heavy (non-hydrogen) atoms. The summed E-state index contributed by atoms with van der Waals surface area (Å²) in [6.45, 7) is 4.84. The van der Waals surface area contributed by atoms with E-state index in [1.165, 1.54) is 12.1 Å². The molecule has 0 fully saturated rings. The second-order valence-electron chi connectivity index (χ2n) is 6.31. The first-order valence-electron chi connectivity index (χ1n) is 9.05. The largest absolute Gasteiger partial charge is 0.492 e. The summed E-state index contributed by atoms with van der Waals surface area (Å²) in [6.07, 6.45) is 0. The maximum Gasteiger partial charge on any atom is 0.315 e. The first kappa shape index (κ1) is 19.4. The number of rotatable bonds is 7. The lowest BCUT2D eigenvalue weighted by atomic mass is 10.2. The number of aromatic nitrogens is 2. The number of amides is 2. The average molecular weight is 382 g/mol. The van der Waals surface area contributed by atoms with Crippen molar-refractivity contribution in [2.24, 2.45) is 0 Å². The van der Waals surface area contributed by atoms with Crippen LogP contribution >= 0.6 is 0 Å². The van der Waals surface area contributed by atoms with E-state index in [-0.39, 0.29) is 18.5 Å². The molecule has 0 saturated heterocycles. The fraction of sp³-hybridized carbons (Fsp3) is 0.238. The monoisotopic (exact) mass is 382 g/mol. The second-order valence-corrected chi connectivity index (χ2v) is 6.31. The smallest absolute Gasteiger partial charge is 0.315 e. The summed E-state index contributed by atoms with van der Waals surface area (Å²) < 4.78 is 20.3. The van der Waals surface area contributed by atoms with E-state index in [1.807, 2.05) is 48.9 Å². The van der Waals surface area contributed by atoms with Crippen LogP contribution in [-0.4, -0.2) is 29.0 Å². The highest BCUT2D eigenvalue weighted by molar-refractivity contribution is 5.73. The number of ether oxygens (including phenoxy) is 1. The van der Waals surface area contributed by atoms with Gasteiger partial charge in [-0.05, 0) is 38.1 Å². The lowest BCUT2D eigenvalue weighted by Gasteiger charge is -2.10. The Morgan fingerprint density at radius 2 is 1.89 bits per heavy atom. The van der Waals surface area contributed by atoms with Crippen molar-refractivity contribution in [3.63, 3.8) is 0 Å².